The molecule has 0 unspecified atom stereocenters. The molecule has 0 atom stereocenters. The minimum Gasteiger partial charge on any atom is -0.446 e. The number of nitrogens with one attached hydrogen (secondary N) is 3. The summed E-state index contributed by atoms with van der Waals surface area (Å²) >= 11 is 6.54. The van der Waals surface area contributed by atoms with E-state index in [1.807, 2.05) is 17.9 Å². The molecule has 220 valence electrons. The lowest BCUT2D eigenvalue weighted by Crippen LogP contribution is -2.38. The van der Waals surface area contributed by atoms with Crippen molar-refractivity contribution in [1.82, 2.24) is 30.4 Å². The number of aryl methyl sites for hydroxylation is 1. The molecule has 2 heterocycles. The van der Waals surface area contributed by atoms with Crippen molar-refractivity contribution < 1.29 is 9.53 Å². The fourth-order valence-corrected chi connectivity index (χ4v) is 6.26. The van der Waals surface area contributed by atoms with Gasteiger partial charge in [-0.2, -0.15) is 5.10 Å². The van der Waals surface area contributed by atoms with Gasteiger partial charge in [0.15, 0.2) is 0 Å². The number of hydrogen-bond acceptors (Lipinski definition) is 7. The van der Waals surface area contributed by atoms with Crippen molar-refractivity contribution in [2.75, 3.05) is 18.4 Å². The van der Waals surface area contributed by atoms with E-state index in [1.165, 1.54) is 50.6 Å². The highest BCUT2D eigenvalue weighted by molar-refractivity contribution is 6.32. The number of amides is 1. The van der Waals surface area contributed by atoms with Gasteiger partial charge in [-0.15, -0.1) is 0 Å². The Kier molecular flexibility index (Phi) is 10.5. The number of carbonyl (C=O) groups is 1. The molecular weight excluding hydrogens is 526 g/mol. The third-order valence-corrected chi connectivity index (χ3v) is 8.96. The number of anilines is 1. The molecule has 0 aliphatic heterocycles. The largest absolute Gasteiger partial charge is 0.446 e. The first-order valence-corrected chi connectivity index (χ1v) is 15.9. The van der Waals surface area contributed by atoms with Gasteiger partial charge in [-0.3, -0.25) is 4.68 Å². The molecule has 1 amide bonds. The highest BCUT2D eigenvalue weighted by Gasteiger charge is 2.27. The standard InChI is InChI=1S/C30H46ClN7O2/c1-38-27(18-21-10-11-21)25(19-35-38)28-26(31)20-34-29(37-28)36-23-14-12-22(13-15-23)32-16-7-17-33-30(39)40-24-8-5-3-2-4-6-9-24/h19-24,32H,2-18H2,1H3,(H,33,39)(H,34,36,37)/t22-,23-. The predicted octanol–water partition coefficient (Wildman–Crippen LogP) is 6.02. The lowest BCUT2D eigenvalue weighted by Gasteiger charge is -2.30. The van der Waals surface area contributed by atoms with Crippen LogP contribution in [0.25, 0.3) is 11.3 Å². The fourth-order valence-electron chi connectivity index (χ4n) is 6.06. The van der Waals surface area contributed by atoms with Crippen LogP contribution in [0.15, 0.2) is 12.4 Å². The first-order chi connectivity index (χ1) is 19.5. The normalized spacial score (nSPS) is 22.4. The number of aromatic nitrogens is 4. The van der Waals surface area contributed by atoms with E-state index in [0.717, 1.165) is 75.1 Å². The van der Waals surface area contributed by atoms with E-state index < -0.39 is 0 Å². The van der Waals surface area contributed by atoms with Gasteiger partial charge in [-0.1, -0.05) is 30.9 Å². The molecule has 9 nitrogen and oxygen atoms in total. The monoisotopic (exact) mass is 571 g/mol. The maximum absolute atomic E-state index is 12.2. The molecule has 40 heavy (non-hydrogen) atoms. The molecule has 0 spiro atoms. The average molecular weight is 572 g/mol. The molecular formula is C30H46ClN7O2. The van der Waals surface area contributed by atoms with Gasteiger partial charge in [-0.05, 0) is 89.5 Å². The average Bonchev–Trinajstić information content (AvgIpc) is 3.69. The molecule has 2 aromatic heterocycles. The molecule has 0 saturated heterocycles. The number of nitrogens with zero attached hydrogens (tertiary/aromatic N) is 4. The molecule has 3 aliphatic rings. The molecule has 3 aliphatic carbocycles. The molecule has 3 N–H and O–H groups in total. The van der Waals surface area contributed by atoms with Gasteiger partial charge in [0.05, 0.1) is 23.1 Å². The zero-order chi connectivity index (χ0) is 27.7. The summed E-state index contributed by atoms with van der Waals surface area (Å²) in [5.74, 6) is 1.39. The van der Waals surface area contributed by atoms with Crippen LogP contribution in [0.5, 0.6) is 0 Å². The van der Waals surface area contributed by atoms with Crippen LogP contribution in [-0.4, -0.2) is 57.1 Å². The van der Waals surface area contributed by atoms with Gasteiger partial charge in [-0.25, -0.2) is 14.8 Å². The summed E-state index contributed by atoms with van der Waals surface area (Å²) in [5.41, 5.74) is 2.98. The zero-order valence-corrected chi connectivity index (χ0v) is 24.7. The van der Waals surface area contributed by atoms with E-state index in [2.05, 4.69) is 26.0 Å². The molecule has 0 aromatic carbocycles. The van der Waals surface area contributed by atoms with E-state index in [4.69, 9.17) is 21.3 Å². The lowest BCUT2D eigenvalue weighted by molar-refractivity contribution is 0.0816. The molecule has 2 aromatic rings. The van der Waals surface area contributed by atoms with E-state index in [-0.39, 0.29) is 12.2 Å². The van der Waals surface area contributed by atoms with Crippen LogP contribution in [0.3, 0.4) is 0 Å². The second-order valence-corrected chi connectivity index (χ2v) is 12.4. The second-order valence-electron chi connectivity index (χ2n) is 12.0. The van der Waals surface area contributed by atoms with E-state index in [0.29, 0.717) is 29.6 Å². The van der Waals surface area contributed by atoms with Crippen LogP contribution >= 0.6 is 11.6 Å². The van der Waals surface area contributed by atoms with Crippen molar-refractivity contribution in [2.24, 2.45) is 13.0 Å². The number of hydrogen-bond donors (Lipinski definition) is 3. The summed E-state index contributed by atoms with van der Waals surface area (Å²) in [6.07, 6.45) is 20.4. The zero-order valence-electron chi connectivity index (χ0n) is 24.0. The van der Waals surface area contributed by atoms with Gasteiger partial charge in [0.1, 0.15) is 6.10 Å². The third kappa shape index (κ3) is 8.56. The van der Waals surface area contributed by atoms with Crippen LogP contribution in [0, 0.1) is 5.92 Å². The minimum atomic E-state index is -0.257. The van der Waals surface area contributed by atoms with Crippen LogP contribution in [0.4, 0.5) is 10.7 Å². The van der Waals surface area contributed by atoms with Gasteiger partial charge < -0.3 is 20.7 Å². The first kappa shape index (κ1) is 29.1. The number of halogens is 1. The van der Waals surface area contributed by atoms with Crippen LogP contribution in [0.1, 0.15) is 95.6 Å². The molecule has 3 fully saturated rings. The summed E-state index contributed by atoms with van der Waals surface area (Å²) < 4.78 is 7.60. The number of carbonyl (C=O) groups excluding carboxylic acids is 1. The molecule has 0 radical (unpaired) electrons. The maximum atomic E-state index is 12.2. The van der Waals surface area contributed by atoms with Gasteiger partial charge in [0, 0.05) is 36.9 Å². The van der Waals surface area contributed by atoms with Crippen molar-refractivity contribution in [3.63, 3.8) is 0 Å². The van der Waals surface area contributed by atoms with Crippen LogP contribution in [-0.2, 0) is 18.2 Å². The second kappa shape index (κ2) is 14.5. The number of rotatable bonds is 11. The Balaban J connectivity index is 0.998. The number of ether oxygens (including phenoxy) is 1. The van der Waals surface area contributed by atoms with Gasteiger partial charge >= 0.3 is 6.09 Å². The highest BCUT2D eigenvalue weighted by Crippen LogP contribution is 2.37. The van der Waals surface area contributed by atoms with E-state index >= 15 is 0 Å². The Hall–Kier alpha value is -2.39. The summed E-state index contributed by atoms with van der Waals surface area (Å²) in [6.45, 7) is 1.54. The van der Waals surface area contributed by atoms with Crippen LogP contribution in [0.2, 0.25) is 5.02 Å². The Morgan fingerprint density at radius 2 is 1.70 bits per heavy atom. The van der Waals surface area contributed by atoms with Crippen LogP contribution < -0.4 is 16.0 Å². The smallest absolute Gasteiger partial charge is 0.407 e. The summed E-state index contributed by atoms with van der Waals surface area (Å²) in [4.78, 5) is 21.5. The van der Waals surface area contributed by atoms with Gasteiger partial charge in [0.25, 0.3) is 0 Å². The lowest BCUT2D eigenvalue weighted by atomic mass is 9.91. The predicted molar refractivity (Wildman–Crippen MR) is 159 cm³/mol. The summed E-state index contributed by atoms with van der Waals surface area (Å²) in [5, 5.41) is 15.2. The molecule has 10 heteroatoms. The van der Waals surface area contributed by atoms with Crippen molar-refractivity contribution in [2.45, 2.75) is 114 Å². The third-order valence-electron chi connectivity index (χ3n) is 8.68. The maximum Gasteiger partial charge on any atom is 0.407 e. The van der Waals surface area contributed by atoms with Crippen molar-refractivity contribution in [3.8, 4) is 11.3 Å². The quantitative estimate of drug-likeness (QED) is 0.283. The summed E-state index contributed by atoms with van der Waals surface area (Å²) in [6, 6.07) is 0.846. The molecule has 0 bridgehead atoms. The molecule has 5 rings (SSSR count). The van der Waals surface area contributed by atoms with Gasteiger partial charge in [0.2, 0.25) is 5.95 Å². The Morgan fingerprint density at radius 1 is 0.975 bits per heavy atom. The Morgan fingerprint density at radius 3 is 2.45 bits per heavy atom. The summed E-state index contributed by atoms with van der Waals surface area (Å²) in [7, 11) is 1.99. The topological polar surface area (TPSA) is 106 Å². The Labute approximate surface area is 243 Å². The van der Waals surface area contributed by atoms with Crippen molar-refractivity contribution in [3.05, 3.63) is 23.1 Å². The SMILES string of the molecule is Cn1ncc(-c2nc(N[C@H]3CC[C@H](NCCCNC(=O)OC4CCCCCCC4)CC3)ncc2Cl)c1CC1CC1. The number of alkyl carbamates (subject to hydrolysis) is 1. The minimum absolute atomic E-state index is 0.0900. The Bertz CT molecular complexity index is 1090. The van der Waals surface area contributed by atoms with E-state index in [1.54, 1.807) is 6.20 Å². The first-order valence-electron chi connectivity index (χ1n) is 15.5. The highest BCUT2D eigenvalue weighted by atomic mass is 35.5. The van der Waals surface area contributed by atoms with Crippen molar-refractivity contribution >= 4 is 23.6 Å². The fraction of sp³-hybridized carbons (Fsp3) is 0.733. The molecule has 3 saturated carbocycles. The van der Waals surface area contributed by atoms with Crippen molar-refractivity contribution in [1.29, 1.82) is 0 Å². The van der Waals surface area contributed by atoms with E-state index in [9.17, 15) is 4.79 Å².